The van der Waals surface area contributed by atoms with E-state index in [0.717, 1.165) is 18.2 Å². The highest BCUT2D eigenvalue weighted by atomic mass is 32.2. The Morgan fingerprint density at radius 1 is 1.19 bits per heavy atom. The van der Waals surface area contributed by atoms with Crippen LogP contribution in [-0.2, 0) is 6.18 Å². The standard InChI is InChI=1S/C17H12F3N3O3S/c1-27-16-22-12-7-8(6-10(15(25)26)13(12)23-16)21-14(24)9-4-2-3-5-11(9)17(18,19)20/h2-7H,1H3,(H,21,24)(H,22,23)(H,25,26). The summed E-state index contributed by atoms with van der Waals surface area (Å²) in [6.45, 7) is 0. The number of hydrogen-bond donors (Lipinski definition) is 3. The number of halogens is 3. The summed E-state index contributed by atoms with van der Waals surface area (Å²) in [5.74, 6) is -2.27. The zero-order valence-electron chi connectivity index (χ0n) is 13.7. The second kappa shape index (κ2) is 6.95. The number of carboxylic acid groups (broad SMARTS) is 1. The minimum absolute atomic E-state index is 0.0400. The molecule has 140 valence electrons. The molecule has 3 aromatic rings. The highest BCUT2D eigenvalue weighted by Crippen LogP contribution is 2.32. The van der Waals surface area contributed by atoms with E-state index in [0.29, 0.717) is 10.7 Å². The van der Waals surface area contributed by atoms with Crippen LogP contribution in [0.15, 0.2) is 41.6 Å². The smallest absolute Gasteiger partial charge is 0.417 e. The maximum atomic E-state index is 13.1. The fourth-order valence-corrected chi connectivity index (χ4v) is 2.95. The lowest BCUT2D eigenvalue weighted by molar-refractivity contribution is -0.137. The molecule has 0 atom stereocenters. The first-order chi connectivity index (χ1) is 12.7. The zero-order chi connectivity index (χ0) is 19.8. The van der Waals surface area contributed by atoms with Crippen LogP contribution < -0.4 is 5.32 Å². The highest BCUT2D eigenvalue weighted by molar-refractivity contribution is 7.98. The molecule has 0 unspecified atom stereocenters. The van der Waals surface area contributed by atoms with E-state index < -0.39 is 29.2 Å². The number of carbonyl (C=O) groups excluding carboxylic acids is 1. The van der Waals surface area contributed by atoms with Crippen molar-refractivity contribution in [3.05, 3.63) is 53.1 Å². The zero-order valence-corrected chi connectivity index (χ0v) is 14.5. The first-order valence-corrected chi connectivity index (χ1v) is 8.72. The average Bonchev–Trinajstić information content (AvgIpc) is 3.03. The summed E-state index contributed by atoms with van der Waals surface area (Å²) in [7, 11) is 0. The Kier molecular flexibility index (Phi) is 4.83. The van der Waals surface area contributed by atoms with Gasteiger partial charge in [-0.2, -0.15) is 13.2 Å². The molecule has 1 aromatic heterocycles. The second-order valence-electron chi connectivity index (χ2n) is 5.47. The Bertz CT molecular complexity index is 1050. The number of alkyl halides is 3. The summed E-state index contributed by atoms with van der Waals surface area (Å²) < 4.78 is 39.3. The normalized spacial score (nSPS) is 11.6. The fourth-order valence-electron chi connectivity index (χ4n) is 2.55. The van der Waals surface area contributed by atoms with E-state index >= 15 is 0 Å². The van der Waals surface area contributed by atoms with Gasteiger partial charge in [-0.3, -0.25) is 4.79 Å². The van der Waals surface area contributed by atoms with Crippen LogP contribution in [0, 0.1) is 0 Å². The summed E-state index contributed by atoms with van der Waals surface area (Å²) in [5.41, 5.74) is -1.23. The summed E-state index contributed by atoms with van der Waals surface area (Å²) >= 11 is 1.26. The topological polar surface area (TPSA) is 95.1 Å². The van der Waals surface area contributed by atoms with E-state index in [2.05, 4.69) is 15.3 Å². The van der Waals surface area contributed by atoms with Gasteiger partial charge < -0.3 is 15.4 Å². The summed E-state index contributed by atoms with van der Waals surface area (Å²) in [6, 6.07) is 6.93. The van der Waals surface area contributed by atoms with Crippen molar-refractivity contribution in [3.63, 3.8) is 0 Å². The van der Waals surface area contributed by atoms with Gasteiger partial charge in [-0.25, -0.2) is 9.78 Å². The lowest BCUT2D eigenvalue weighted by atomic mass is 10.1. The minimum Gasteiger partial charge on any atom is -0.478 e. The molecule has 0 saturated heterocycles. The first kappa shape index (κ1) is 18.8. The number of H-pyrrole nitrogens is 1. The van der Waals surface area contributed by atoms with E-state index in [1.165, 1.54) is 30.0 Å². The number of aromatic amines is 1. The Hall–Kier alpha value is -3.01. The highest BCUT2D eigenvalue weighted by Gasteiger charge is 2.34. The first-order valence-electron chi connectivity index (χ1n) is 7.49. The van der Waals surface area contributed by atoms with Gasteiger partial charge in [0.15, 0.2) is 5.16 Å². The Balaban J connectivity index is 2.02. The number of thioether (sulfide) groups is 1. The molecular formula is C17H12F3N3O3S. The van der Waals surface area contributed by atoms with Crippen LogP contribution in [0.1, 0.15) is 26.3 Å². The van der Waals surface area contributed by atoms with Crippen molar-refractivity contribution in [2.24, 2.45) is 0 Å². The number of benzene rings is 2. The largest absolute Gasteiger partial charge is 0.478 e. The number of carboxylic acids is 1. The Morgan fingerprint density at radius 3 is 2.52 bits per heavy atom. The van der Waals surface area contributed by atoms with Crippen molar-refractivity contribution in [2.75, 3.05) is 11.6 Å². The van der Waals surface area contributed by atoms with Crippen LogP contribution in [0.4, 0.5) is 18.9 Å². The van der Waals surface area contributed by atoms with Gasteiger partial charge in [0.25, 0.3) is 5.91 Å². The van der Waals surface area contributed by atoms with Gasteiger partial charge in [0.05, 0.1) is 22.2 Å². The van der Waals surface area contributed by atoms with Crippen molar-refractivity contribution in [1.29, 1.82) is 0 Å². The molecule has 0 fully saturated rings. The predicted molar refractivity (Wildman–Crippen MR) is 94.2 cm³/mol. The number of carbonyl (C=O) groups is 2. The van der Waals surface area contributed by atoms with E-state index in [4.69, 9.17) is 0 Å². The summed E-state index contributed by atoms with van der Waals surface area (Å²) in [4.78, 5) is 30.9. The number of anilines is 1. The van der Waals surface area contributed by atoms with Crippen molar-refractivity contribution in [1.82, 2.24) is 9.97 Å². The molecule has 0 aliphatic rings. The maximum Gasteiger partial charge on any atom is 0.417 e. The van der Waals surface area contributed by atoms with E-state index in [1.54, 1.807) is 6.26 Å². The lowest BCUT2D eigenvalue weighted by Gasteiger charge is -2.13. The van der Waals surface area contributed by atoms with Gasteiger partial charge >= 0.3 is 12.1 Å². The number of aromatic nitrogens is 2. The van der Waals surface area contributed by atoms with Crippen molar-refractivity contribution in [2.45, 2.75) is 11.3 Å². The van der Waals surface area contributed by atoms with Gasteiger partial charge in [0, 0.05) is 5.69 Å². The number of rotatable bonds is 4. The van der Waals surface area contributed by atoms with Crippen LogP contribution in [-0.4, -0.2) is 33.2 Å². The van der Waals surface area contributed by atoms with Gasteiger partial charge in [-0.1, -0.05) is 23.9 Å². The number of nitrogens with one attached hydrogen (secondary N) is 2. The lowest BCUT2D eigenvalue weighted by Crippen LogP contribution is -2.18. The molecule has 0 spiro atoms. The molecule has 0 bridgehead atoms. The van der Waals surface area contributed by atoms with E-state index in [1.807, 2.05) is 0 Å². The Morgan fingerprint density at radius 2 is 1.89 bits per heavy atom. The van der Waals surface area contributed by atoms with Crippen LogP contribution >= 0.6 is 11.8 Å². The van der Waals surface area contributed by atoms with E-state index in [9.17, 15) is 27.9 Å². The van der Waals surface area contributed by atoms with Crippen LogP contribution in [0.3, 0.4) is 0 Å². The van der Waals surface area contributed by atoms with Crippen LogP contribution in [0.2, 0.25) is 0 Å². The number of hydrogen-bond acceptors (Lipinski definition) is 4. The molecule has 0 aliphatic carbocycles. The third kappa shape index (κ3) is 3.75. The monoisotopic (exact) mass is 395 g/mol. The molecular weight excluding hydrogens is 383 g/mol. The van der Waals surface area contributed by atoms with Crippen LogP contribution in [0.5, 0.6) is 0 Å². The molecule has 2 aromatic carbocycles. The number of aromatic carboxylic acids is 1. The molecule has 1 amide bonds. The van der Waals surface area contributed by atoms with Gasteiger partial charge in [-0.15, -0.1) is 0 Å². The molecule has 3 N–H and O–H groups in total. The molecule has 3 rings (SSSR count). The van der Waals surface area contributed by atoms with Crippen molar-refractivity contribution < 1.29 is 27.9 Å². The maximum absolute atomic E-state index is 13.1. The summed E-state index contributed by atoms with van der Waals surface area (Å²) in [5, 5.41) is 12.2. The van der Waals surface area contributed by atoms with Gasteiger partial charge in [-0.05, 0) is 30.5 Å². The van der Waals surface area contributed by atoms with Gasteiger partial charge in [0.2, 0.25) is 0 Å². The molecule has 0 radical (unpaired) electrons. The fraction of sp³-hybridized carbons (Fsp3) is 0.118. The van der Waals surface area contributed by atoms with E-state index in [-0.39, 0.29) is 16.8 Å². The SMILES string of the molecule is CSc1nc2c(C(=O)O)cc(NC(=O)c3ccccc3C(F)(F)F)cc2[nH]1. The number of nitrogens with zero attached hydrogens (tertiary/aromatic N) is 1. The minimum atomic E-state index is -4.69. The summed E-state index contributed by atoms with van der Waals surface area (Å²) in [6.07, 6.45) is -2.95. The molecule has 0 aliphatic heterocycles. The van der Waals surface area contributed by atoms with Crippen molar-refractivity contribution in [3.8, 4) is 0 Å². The molecule has 10 heteroatoms. The molecule has 6 nitrogen and oxygen atoms in total. The molecule has 1 heterocycles. The molecule has 27 heavy (non-hydrogen) atoms. The third-order valence-electron chi connectivity index (χ3n) is 3.72. The van der Waals surface area contributed by atoms with Gasteiger partial charge in [0.1, 0.15) is 5.52 Å². The Labute approximate surface area is 154 Å². The third-order valence-corrected chi connectivity index (χ3v) is 4.30. The quantitative estimate of drug-likeness (QED) is 0.574. The van der Waals surface area contributed by atoms with Crippen molar-refractivity contribution >= 4 is 40.4 Å². The second-order valence-corrected chi connectivity index (χ2v) is 6.26. The number of amides is 1. The predicted octanol–water partition coefficient (Wildman–Crippen LogP) is 4.25. The van der Waals surface area contributed by atoms with Crippen LogP contribution in [0.25, 0.3) is 11.0 Å². The molecule has 0 saturated carbocycles. The number of fused-ring (bicyclic) bond motifs is 1. The average molecular weight is 395 g/mol. The number of imidazole rings is 1.